The molecule has 2 rings (SSSR count). The molecule has 1 heterocycles. The molecule has 0 saturated carbocycles. The first-order chi connectivity index (χ1) is 8.99. The average molecular weight is 261 g/mol. The molecule has 5 heteroatoms. The molecule has 1 aromatic heterocycles. The van der Waals surface area contributed by atoms with Crippen molar-refractivity contribution in [2.75, 3.05) is 11.1 Å². The molecule has 0 saturated heterocycles. The van der Waals surface area contributed by atoms with Crippen molar-refractivity contribution in [2.24, 2.45) is 0 Å². The zero-order valence-corrected chi connectivity index (χ0v) is 10.9. The van der Waals surface area contributed by atoms with Crippen LogP contribution in [-0.4, -0.2) is 10.5 Å². The maximum absolute atomic E-state index is 13.3. The Hall–Kier alpha value is -2.30. The van der Waals surface area contributed by atoms with E-state index in [-0.39, 0.29) is 11.7 Å². The molecule has 0 fully saturated rings. The van der Waals surface area contributed by atoms with Crippen molar-refractivity contribution in [1.29, 1.82) is 0 Å². The summed E-state index contributed by atoms with van der Waals surface area (Å²) in [5.74, 6) is -0.677. The van der Waals surface area contributed by atoms with Gasteiger partial charge in [0.2, 0.25) is 0 Å². The van der Waals surface area contributed by atoms with Gasteiger partial charge in [-0.3, -0.25) is 4.79 Å². The number of aromatic nitrogens is 1. The summed E-state index contributed by atoms with van der Waals surface area (Å²) in [4.78, 5) is 12.1. The predicted molar refractivity (Wildman–Crippen MR) is 73.6 cm³/mol. The van der Waals surface area contributed by atoms with E-state index < -0.39 is 0 Å². The second kappa shape index (κ2) is 5.14. The number of nitrogens with zero attached hydrogens (tertiary/aromatic N) is 1. The van der Waals surface area contributed by atoms with Crippen molar-refractivity contribution in [3.8, 4) is 0 Å². The molecule has 0 atom stereocenters. The molecule has 0 aliphatic rings. The summed E-state index contributed by atoms with van der Waals surface area (Å²) in [5, 5.41) is 2.67. The minimum absolute atomic E-state index is 0.302. The fourth-order valence-corrected chi connectivity index (χ4v) is 1.99. The minimum Gasteiger partial charge on any atom is -0.397 e. The molecule has 4 nitrogen and oxygen atoms in total. The highest BCUT2D eigenvalue weighted by atomic mass is 19.1. The third-order valence-corrected chi connectivity index (χ3v) is 2.79. The van der Waals surface area contributed by atoms with Gasteiger partial charge in [0, 0.05) is 18.4 Å². The maximum atomic E-state index is 13.3. The number of nitrogen functional groups attached to an aromatic ring is 1. The number of amides is 1. The molecule has 100 valence electrons. The third kappa shape index (κ3) is 2.93. The van der Waals surface area contributed by atoms with Gasteiger partial charge in [0.05, 0.1) is 5.69 Å². The van der Waals surface area contributed by atoms with Crippen LogP contribution < -0.4 is 11.1 Å². The topological polar surface area (TPSA) is 60.0 Å². The molecule has 0 unspecified atom stereocenters. The van der Waals surface area contributed by atoms with Crippen LogP contribution in [0.5, 0.6) is 0 Å². The fraction of sp³-hybridized carbons (Fsp3) is 0.214. The van der Waals surface area contributed by atoms with Crippen LogP contribution in [0.25, 0.3) is 0 Å². The summed E-state index contributed by atoms with van der Waals surface area (Å²) in [6, 6.07) is 6.00. The SMILES string of the molecule is CCn1cc(N)cc1C(=O)Nc1cc(C)cc(F)c1. The first kappa shape index (κ1) is 13.1. The monoisotopic (exact) mass is 261 g/mol. The average Bonchev–Trinajstić information content (AvgIpc) is 2.69. The van der Waals surface area contributed by atoms with Gasteiger partial charge in [0.25, 0.3) is 5.91 Å². The number of benzene rings is 1. The van der Waals surface area contributed by atoms with Crippen molar-refractivity contribution in [1.82, 2.24) is 4.57 Å². The van der Waals surface area contributed by atoms with E-state index in [2.05, 4.69) is 5.32 Å². The molecule has 0 aliphatic carbocycles. The van der Waals surface area contributed by atoms with E-state index >= 15 is 0 Å². The number of carbonyl (C=O) groups is 1. The van der Waals surface area contributed by atoms with Gasteiger partial charge in [-0.2, -0.15) is 0 Å². The highest BCUT2D eigenvalue weighted by Crippen LogP contribution is 2.16. The molecule has 3 N–H and O–H groups in total. The fourth-order valence-electron chi connectivity index (χ4n) is 1.99. The van der Waals surface area contributed by atoms with E-state index in [1.165, 1.54) is 12.1 Å². The number of halogens is 1. The maximum Gasteiger partial charge on any atom is 0.272 e. The lowest BCUT2D eigenvalue weighted by Gasteiger charge is -2.08. The highest BCUT2D eigenvalue weighted by molar-refractivity contribution is 6.03. The molecule has 0 aliphatic heterocycles. The summed E-state index contributed by atoms with van der Waals surface area (Å²) < 4.78 is 15.0. The lowest BCUT2D eigenvalue weighted by atomic mass is 10.2. The highest BCUT2D eigenvalue weighted by Gasteiger charge is 2.12. The number of rotatable bonds is 3. The van der Waals surface area contributed by atoms with Gasteiger partial charge in [0.1, 0.15) is 11.5 Å². The molecule has 2 aromatic rings. The number of aryl methyl sites for hydroxylation is 2. The van der Waals surface area contributed by atoms with Gasteiger partial charge < -0.3 is 15.6 Å². The largest absolute Gasteiger partial charge is 0.397 e. The van der Waals surface area contributed by atoms with E-state index in [1.807, 2.05) is 6.92 Å². The van der Waals surface area contributed by atoms with Crippen LogP contribution in [-0.2, 0) is 6.54 Å². The van der Waals surface area contributed by atoms with Crippen molar-refractivity contribution in [3.05, 3.63) is 47.5 Å². The summed E-state index contributed by atoms with van der Waals surface area (Å²) in [6.07, 6.45) is 1.70. The molecule has 1 amide bonds. The molecular formula is C14H16FN3O. The number of anilines is 2. The van der Waals surface area contributed by atoms with Crippen LogP contribution in [0.4, 0.5) is 15.8 Å². The smallest absolute Gasteiger partial charge is 0.272 e. The Morgan fingerprint density at radius 3 is 2.74 bits per heavy atom. The van der Waals surface area contributed by atoms with Crippen LogP contribution in [0.2, 0.25) is 0 Å². The standard InChI is InChI=1S/C14H16FN3O/c1-3-18-8-11(16)7-13(18)14(19)17-12-5-9(2)4-10(15)6-12/h4-8H,3,16H2,1-2H3,(H,17,19). The Balaban J connectivity index is 2.25. The van der Waals surface area contributed by atoms with Gasteiger partial charge in [-0.15, -0.1) is 0 Å². The van der Waals surface area contributed by atoms with Crippen molar-refractivity contribution in [3.63, 3.8) is 0 Å². The quantitative estimate of drug-likeness (QED) is 0.892. The number of nitrogens with one attached hydrogen (secondary N) is 1. The van der Waals surface area contributed by atoms with Gasteiger partial charge in [-0.1, -0.05) is 0 Å². The van der Waals surface area contributed by atoms with E-state index in [9.17, 15) is 9.18 Å². The summed E-state index contributed by atoms with van der Waals surface area (Å²) >= 11 is 0. The Bertz CT molecular complexity index is 599. The van der Waals surface area contributed by atoms with Crippen LogP contribution in [0.3, 0.4) is 0 Å². The second-order valence-corrected chi connectivity index (χ2v) is 4.42. The number of carbonyl (C=O) groups excluding carboxylic acids is 1. The second-order valence-electron chi connectivity index (χ2n) is 4.42. The Kier molecular flexibility index (Phi) is 3.55. The first-order valence-electron chi connectivity index (χ1n) is 6.03. The number of nitrogens with two attached hydrogens (primary N) is 1. The van der Waals surface area contributed by atoms with E-state index in [1.54, 1.807) is 29.8 Å². The van der Waals surface area contributed by atoms with Gasteiger partial charge in [0.15, 0.2) is 0 Å². The lowest BCUT2D eigenvalue weighted by molar-refractivity contribution is 0.101. The normalized spacial score (nSPS) is 10.5. The first-order valence-corrected chi connectivity index (χ1v) is 6.03. The zero-order valence-electron chi connectivity index (χ0n) is 10.9. The van der Waals surface area contributed by atoms with E-state index in [0.717, 1.165) is 5.56 Å². The Morgan fingerprint density at radius 2 is 2.11 bits per heavy atom. The molecule has 0 radical (unpaired) electrons. The Morgan fingerprint density at radius 1 is 1.37 bits per heavy atom. The summed E-state index contributed by atoms with van der Waals surface area (Å²) in [7, 11) is 0. The van der Waals surface area contributed by atoms with Crippen molar-refractivity contribution >= 4 is 17.3 Å². The number of hydrogen-bond donors (Lipinski definition) is 2. The molecule has 0 bridgehead atoms. The summed E-state index contributed by atoms with van der Waals surface area (Å²) in [6.45, 7) is 4.33. The van der Waals surface area contributed by atoms with Gasteiger partial charge in [-0.25, -0.2) is 4.39 Å². The number of hydrogen-bond acceptors (Lipinski definition) is 2. The van der Waals surface area contributed by atoms with Crippen molar-refractivity contribution < 1.29 is 9.18 Å². The van der Waals surface area contributed by atoms with Gasteiger partial charge >= 0.3 is 0 Å². The molecule has 19 heavy (non-hydrogen) atoms. The van der Waals surface area contributed by atoms with Crippen molar-refractivity contribution in [2.45, 2.75) is 20.4 Å². The molecular weight excluding hydrogens is 245 g/mol. The zero-order chi connectivity index (χ0) is 14.0. The molecule has 0 spiro atoms. The van der Waals surface area contributed by atoms with Crippen LogP contribution in [0.15, 0.2) is 30.5 Å². The molecule has 1 aromatic carbocycles. The van der Waals surface area contributed by atoms with Crippen LogP contribution >= 0.6 is 0 Å². The third-order valence-electron chi connectivity index (χ3n) is 2.79. The predicted octanol–water partition coefficient (Wildman–Crippen LogP) is 2.79. The minimum atomic E-state index is -0.374. The van der Waals surface area contributed by atoms with Crippen LogP contribution in [0, 0.1) is 12.7 Å². The van der Waals surface area contributed by atoms with E-state index in [0.29, 0.717) is 23.6 Å². The van der Waals surface area contributed by atoms with Gasteiger partial charge in [-0.05, 0) is 43.7 Å². The lowest BCUT2D eigenvalue weighted by Crippen LogP contribution is -2.16. The van der Waals surface area contributed by atoms with E-state index in [4.69, 9.17) is 5.73 Å². The Labute approximate surface area is 111 Å². The summed E-state index contributed by atoms with van der Waals surface area (Å²) in [5.41, 5.74) is 7.85. The van der Waals surface area contributed by atoms with Crippen LogP contribution in [0.1, 0.15) is 23.0 Å².